The van der Waals surface area contributed by atoms with Gasteiger partial charge in [0.1, 0.15) is 11.6 Å². The van der Waals surface area contributed by atoms with Crippen LogP contribution in [-0.2, 0) is 0 Å². The molecule has 2 aliphatic rings. The number of ketones is 1. The molecule has 0 bridgehead atoms. The molecule has 3 rings (SSSR count). The van der Waals surface area contributed by atoms with Crippen LogP contribution in [0, 0.1) is 11.6 Å². The van der Waals surface area contributed by atoms with Crippen LogP contribution in [-0.4, -0.2) is 60.4 Å². The van der Waals surface area contributed by atoms with E-state index < -0.39 is 11.6 Å². The summed E-state index contributed by atoms with van der Waals surface area (Å²) in [6.07, 6.45) is 0. The minimum Gasteiger partial charge on any atom is -0.336 e. The molecule has 7 heteroatoms. The van der Waals surface area contributed by atoms with Gasteiger partial charge in [0.25, 0.3) is 0 Å². The zero-order valence-corrected chi connectivity index (χ0v) is 11.3. The smallest absolute Gasteiger partial charge is 0.317 e. The summed E-state index contributed by atoms with van der Waals surface area (Å²) in [4.78, 5) is 27.2. The standard InChI is InChI=1S/C14H15F2N3O2/c15-9-1-2-11(12(16)5-9)13(20)8-18-3-4-19-10(7-18)6-17-14(19)21/h1-2,5,10H,3-4,6-8H2,(H,17,21). The summed E-state index contributed by atoms with van der Waals surface area (Å²) in [5.74, 6) is -1.91. The molecule has 0 aliphatic carbocycles. The lowest BCUT2D eigenvalue weighted by Crippen LogP contribution is -2.53. The fourth-order valence-corrected chi connectivity index (χ4v) is 2.82. The average Bonchev–Trinajstić information content (AvgIpc) is 2.80. The third-order valence-corrected chi connectivity index (χ3v) is 3.92. The van der Waals surface area contributed by atoms with Crippen molar-refractivity contribution in [3.05, 3.63) is 35.4 Å². The van der Waals surface area contributed by atoms with E-state index in [1.54, 1.807) is 4.90 Å². The van der Waals surface area contributed by atoms with E-state index in [1.807, 2.05) is 4.90 Å². The summed E-state index contributed by atoms with van der Waals surface area (Å²) < 4.78 is 26.4. The Kier molecular flexibility index (Phi) is 3.59. The number of piperazine rings is 1. The first-order valence-electron chi connectivity index (χ1n) is 6.79. The second-order valence-electron chi connectivity index (χ2n) is 5.32. The summed E-state index contributed by atoms with van der Waals surface area (Å²) in [6, 6.07) is 2.94. The number of rotatable bonds is 3. The van der Waals surface area contributed by atoms with Crippen LogP contribution in [0.15, 0.2) is 18.2 Å². The van der Waals surface area contributed by atoms with Crippen molar-refractivity contribution < 1.29 is 18.4 Å². The summed E-state index contributed by atoms with van der Waals surface area (Å²) in [7, 11) is 0. The van der Waals surface area contributed by atoms with Crippen molar-refractivity contribution in [1.29, 1.82) is 0 Å². The molecule has 1 aromatic rings. The zero-order chi connectivity index (χ0) is 15.0. The molecule has 2 amide bonds. The van der Waals surface area contributed by atoms with Gasteiger partial charge in [-0.1, -0.05) is 0 Å². The number of hydrogen-bond acceptors (Lipinski definition) is 3. The predicted octanol–water partition coefficient (Wildman–Crippen LogP) is 0.857. The van der Waals surface area contributed by atoms with E-state index in [-0.39, 0.29) is 30.0 Å². The van der Waals surface area contributed by atoms with Gasteiger partial charge in [0.2, 0.25) is 0 Å². The maximum Gasteiger partial charge on any atom is 0.317 e. The van der Waals surface area contributed by atoms with Gasteiger partial charge in [-0.3, -0.25) is 9.69 Å². The Morgan fingerprint density at radius 1 is 1.33 bits per heavy atom. The molecule has 5 nitrogen and oxygen atoms in total. The molecule has 2 saturated heterocycles. The molecule has 1 atom stereocenters. The second-order valence-corrected chi connectivity index (χ2v) is 5.32. The average molecular weight is 295 g/mol. The van der Waals surface area contributed by atoms with E-state index in [0.717, 1.165) is 6.07 Å². The Bertz CT molecular complexity index is 594. The van der Waals surface area contributed by atoms with Crippen LogP contribution in [0.25, 0.3) is 0 Å². The molecule has 0 spiro atoms. The van der Waals surface area contributed by atoms with E-state index in [1.165, 1.54) is 6.07 Å². The molecule has 0 radical (unpaired) electrons. The Balaban J connectivity index is 1.64. The molecule has 1 unspecified atom stereocenters. The van der Waals surface area contributed by atoms with E-state index in [0.29, 0.717) is 32.2 Å². The second kappa shape index (κ2) is 5.40. The van der Waals surface area contributed by atoms with Crippen LogP contribution in [0.4, 0.5) is 13.6 Å². The Labute approximate surface area is 120 Å². The molecule has 1 N–H and O–H groups in total. The number of carbonyl (C=O) groups is 2. The van der Waals surface area contributed by atoms with Crippen molar-refractivity contribution >= 4 is 11.8 Å². The summed E-state index contributed by atoms with van der Waals surface area (Å²) >= 11 is 0. The first-order valence-corrected chi connectivity index (χ1v) is 6.79. The van der Waals surface area contributed by atoms with Gasteiger partial charge in [0.15, 0.2) is 5.78 Å². The van der Waals surface area contributed by atoms with Crippen LogP contribution >= 0.6 is 0 Å². The van der Waals surface area contributed by atoms with Crippen LogP contribution in [0.1, 0.15) is 10.4 Å². The number of halogens is 2. The molecule has 0 saturated carbocycles. The molecule has 2 fully saturated rings. The van der Waals surface area contributed by atoms with Crippen molar-refractivity contribution in [2.75, 3.05) is 32.7 Å². The topological polar surface area (TPSA) is 52.7 Å². The minimum absolute atomic E-state index is 0.0529. The summed E-state index contributed by atoms with van der Waals surface area (Å²) in [5.41, 5.74) is -0.0977. The van der Waals surface area contributed by atoms with Gasteiger partial charge < -0.3 is 10.2 Å². The fourth-order valence-electron chi connectivity index (χ4n) is 2.82. The van der Waals surface area contributed by atoms with E-state index in [2.05, 4.69) is 5.32 Å². The third-order valence-electron chi connectivity index (χ3n) is 3.92. The van der Waals surface area contributed by atoms with Gasteiger partial charge >= 0.3 is 6.03 Å². The minimum atomic E-state index is -0.837. The van der Waals surface area contributed by atoms with Crippen molar-refractivity contribution in [3.8, 4) is 0 Å². The van der Waals surface area contributed by atoms with Crippen molar-refractivity contribution in [2.45, 2.75) is 6.04 Å². The quantitative estimate of drug-likeness (QED) is 0.841. The predicted molar refractivity (Wildman–Crippen MR) is 71.0 cm³/mol. The van der Waals surface area contributed by atoms with Crippen LogP contribution < -0.4 is 5.32 Å². The third kappa shape index (κ3) is 2.73. The molecule has 0 aromatic heterocycles. The summed E-state index contributed by atoms with van der Waals surface area (Å²) in [6.45, 7) is 2.33. The number of Topliss-reactive ketones (excluding diaryl/α,β-unsaturated/α-hetero) is 1. The van der Waals surface area contributed by atoms with Gasteiger partial charge in [0, 0.05) is 32.2 Å². The molecule has 1 aromatic carbocycles. The highest BCUT2D eigenvalue weighted by molar-refractivity contribution is 5.97. The van der Waals surface area contributed by atoms with Crippen molar-refractivity contribution in [3.63, 3.8) is 0 Å². The number of urea groups is 1. The van der Waals surface area contributed by atoms with Crippen molar-refractivity contribution in [2.24, 2.45) is 0 Å². The molecular weight excluding hydrogens is 280 g/mol. The Morgan fingerprint density at radius 2 is 2.14 bits per heavy atom. The van der Waals surface area contributed by atoms with Crippen LogP contribution in [0.3, 0.4) is 0 Å². The highest BCUT2D eigenvalue weighted by Crippen LogP contribution is 2.16. The summed E-state index contributed by atoms with van der Waals surface area (Å²) in [5, 5.41) is 2.76. The number of carbonyl (C=O) groups excluding carboxylic acids is 2. The van der Waals surface area contributed by atoms with Gasteiger partial charge in [-0.2, -0.15) is 0 Å². The Hall–Kier alpha value is -2.02. The highest BCUT2D eigenvalue weighted by Gasteiger charge is 2.35. The first-order chi connectivity index (χ1) is 10.0. The number of amides is 2. The van der Waals surface area contributed by atoms with E-state index >= 15 is 0 Å². The van der Waals surface area contributed by atoms with Gasteiger partial charge in [-0.25, -0.2) is 13.6 Å². The first kappa shape index (κ1) is 13.9. The highest BCUT2D eigenvalue weighted by atomic mass is 19.1. The SMILES string of the molecule is O=C(CN1CCN2C(=O)NCC2C1)c1ccc(F)cc1F. The van der Waals surface area contributed by atoms with Crippen LogP contribution in [0.2, 0.25) is 0 Å². The lowest BCUT2D eigenvalue weighted by molar-refractivity contribution is 0.0834. The van der Waals surface area contributed by atoms with Gasteiger partial charge in [-0.15, -0.1) is 0 Å². The maximum atomic E-state index is 13.6. The number of benzene rings is 1. The normalized spacial score (nSPS) is 22.1. The molecule has 2 heterocycles. The maximum absolute atomic E-state index is 13.6. The largest absolute Gasteiger partial charge is 0.336 e. The van der Waals surface area contributed by atoms with E-state index in [9.17, 15) is 18.4 Å². The zero-order valence-electron chi connectivity index (χ0n) is 11.3. The van der Waals surface area contributed by atoms with Crippen molar-refractivity contribution in [1.82, 2.24) is 15.1 Å². The van der Waals surface area contributed by atoms with Gasteiger partial charge in [0.05, 0.1) is 18.2 Å². The van der Waals surface area contributed by atoms with Gasteiger partial charge in [-0.05, 0) is 12.1 Å². The number of nitrogens with one attached hydrogen (secondary N) is 1. The van der Waals surface area contributed by atoms with Crippen LogP contribution in [0.5, 0.6) is 0 Å². The monoisotopic (exact) mass is 295 g/mol. The molecule has 2 aliphatic heterocycles. The number of nitrogens with zero attached hydrogens (tertiary/aromatic N) is 2. The lowest BCUT2D eigenvalue weighted by atomic mass is 10.1. The Morgan fingerprint density at radius 3 is 2.90 bits per heavy atom. The number of hydrogen-bond donors (Lipinski definition) is 1. The molecular formula is C14H15F2N3O2. The molecule has 112 valence electrons. The fraction of sp³-hybridized carbons (Fsp3) is 0.429. The molecule has 21 heavy (non-hydrogen) atoms. The number of fused-ring (bicyclic) bond motifs is 1. The lowest BCUT2D eigenvalue weighted by Gasteiger charge is -2.35. The van der Waals surface area contributed by atoms with E-state index in [4.69, 9.17) is 0 Å².